The van der Waals surface area contributed by atoms with E-state index < -0.39 is 0 Å². The molecule has 1 fully saturated rings. The Morgan fingerprint density at radius 3 is 2.53 bits per heavy atom. The van der Waals surface area contributed by atoms with Crippen molar-refractivity contribution in [3.05, 3.63) is 58.7 Å². The summed E-state index contributed by atoms with van der Waals surface area (Å²) in [4.78, 5) is 15.4. The van der Waals surface area contributed by atoms with Crippen LogP contribution < -0.4 is 5.32 Å². The minimum absolute atomic E-state index is 0. The number of likely N-dealkylation sites (tertiary alicyclic amines) is 1. The first kappa shape index (κ1) is 22.4. The van der Waals surface area contributed by atoms with Crippen LogP contribution in [0, 0.1) is 26.7 Å². The second-order valence-electron chi connectivity index (χ2n) is 8.45. The summed E-state index contributed by atoms with van der Waals surface area (Å²) in [6, 6.07) is 10.1. The first-order valence-electron chi connectivity index (χ1n) is 10.5. The fraction of sp³-hybridized carbons (Fsp3) is 0.458. The molecule has 1 atom stereocenters. The van der Waals surface area contributed by atoms with E-state index in [9.17, 15) is 4.79 Å². The largest absolute Gasteiger partial charge is 0.465 e. The van der Waals surface area contributed by atoms with Crippen molar-refractivity contribution in [3.8, 4) is 0 Å². The van der Waals surface area contributed by atoms with E-state index in [1.165, 1.54) is 12.8 Å². The van der Waals surface area contributed by atoms with Gasteiger partial charge in [0.25, 0.3) is 5.91 Å². The SMILES string of the molecule is Cc1ccc2c(C)c(C(=O)NCC(c3ccc(C)o3)N3CCC(C)CC3)oc2c1.Cl. The lowest BCUT2D eigenvalue weighted by atomic mass is 9.97. The molecule has 6 heteroatoms. The van der Waals surface area contributed by atoms with Gasteiger partial charge in [0, 0.05) is 17.5 Å². The Labute approximate surface area is 184 Å². The molecule has 30 heavy (non-hydrogen) atoms. The lowest BCUT2D eigenvalue weighted by molar-refractivity contribution is 0.0871. The summed E-state index contributed by atoms with van der Waals surface area (Å²) in [6.07, 6.45) is 2.35. The molecule has 5 nitrogen and oxygen atoms in total. The molecule has 162 valence electrons. The topological polar surface area (TPSA) is 58.6 Å². The number of amides is 1. The second kappa shape index (κ2) is 9.27. The standard InChI is InChI=1S/C24H30N2O3.ClH/c1-15-9-11-26(12-10-15)20(21-8-6-17(3)28-21)14-25-24(27)23-18(4)19-7-5-16(2)13-22(19)29-23;/h5-8,13,15,20H,9-12,14H2,1-4H3,(H,25,27);1H. The molecule has 3 aromatic rings. The number of nitrogens with zero attached hydrogens (tertiary/aromatic N) is 1. The van der Waals surface area contributed by atoms with E-state index in [4.69, 9.17) is 8.83 Å². The van der Waals surface area contributed by atoms with Crippen LogP contribution in [-0.4, -0.2) is 30.4 Å². The van der Waals surface area contributed by atoms with Crippen molar-refractivity contribution in [2.45, 2.75) is 46.6 Å². The summed E-state index contributed by atoms with van der Waals surface area (Å²) < 4.78 is 11.8. The number of benzene rings is 1. The van der Waals surface area contributed by atoms with Crippen molar-refractivity contribution in [1.82, 2.24) is 10.2 Å². The number of halogens is 1. The predicted molar refractivity (Wildman–Crippen MR) is 121 cm³/mol. The molecule has 0 aliphatic carbocycles. The zero-order valence-electron chi connectivity index (χ0n) is 18.2. The highest BCUT2D eigenvalue weighted by molar-refractivity contribution is 5.99. The summed E-state index contributed by atoms with van der Waals surface area (Å²) in [5, 5.41) is 4.09. The highest BCUT2D eigenvalue weighted by atomic mass is 35.5. The third-order valence-corrected chi connectivity index (χ3v) is 6.10. The van der Waals surface area contributed by atoms with Crippen LogP contribution in [0.25, 0.3) is 11.0 Å². The number of piperidine rings is 1. The van der Waals surface area contributed by atoms with Crippen molar-refractivity contribution in [1.29, 1.82) is 0 Å². The van der Waals surface area contributed by atoms with Gasteiger partial charge in [0.15, 0.2) is 5.76 Å². The molecule has 0 radical (unpaired) electrons. The Hall–Kier alpha value is -2.24. The molecule has 1 aliphatic heterocycles. The molecule has 3 heterocycles. The van der Waals surface area contributed by atoms with Crippen LogP contribution in [0.4, 0.5) is 0 Å². The molecular weight excluding hydrogens is 400 g/mol. The zero-order valence-corrected chi connectivity index (χ0v) is 19.0. The smallest absolute Gasteiger partial charge is 0.287 e. The summed E-state index contributed by atoms with van der Waals surface area (Å²) in [5.41, 5.74) is 2.76. The first-order chi connectivity index (χ1) is 13.9. The van der Waals surface area contributed by atoms with Gasteiger partial charge >= 0.3 is 0 Å². The summed E-state index contributed by atoms with van der Waals surface area (Å²) in [5.74, 6) is 2.78. The number of nitrogens with one attached hydrogen (secondary N) is 1. The number of hydrogen-bond donors (Lipinski definition) is 1. The van der Waals surface area contributed by atoms with Crippen LogP contribution in [-0.2, 0) is 0 Å². The number of hydrogen-bond acceptors (Lipinski definition) is 4. The fourth-order valence-corrected chi connectivity index (χ4v) is 4.20. The molecule has 4 rings (SSSR count). The summed E-state index contributed by atoms with van der Waals surface area (Å²) in [6.45, 7) is 10.8. The number of furan rings is 2. The maximum absolute atomic E-state index is 12.9. The highest BCUT2D eigenvalue weighted by Crippen LogP contribution is 2.29. The van der Waals surface area contributed by atoms with Crippen LogP contribution in [0.3, 0.4) is 0 Å². The molecule has 0 spiro atoms. The monoisotopic (exact) mass is 430 g/mol. The molecular formula is C24H31ClN2O3. The molecule has 0 bridgehead atoms. The van der Waals surface area contributed by atoms with E-state index in [0.717, 1.165) is 52.6 Å². The quantitative estimate of drug-likeness (QED) is 0.574. The summed E-state index contributed by atoms with van der Waals surface area (Å²) >= 11 is 0. The van der Waals surface area contributed by atoms with Crippen LogP contribution >= 0.6 is 12.4 Å². The molecule has 1 unspecified atom stereocenters. The maximum atomic E-state index is 12.9. The summed E-state index contributed by atoms with van der Waals surface area (Å²) in [7, 11) is 0. The minimum atomic E-state index is -0.171. The minimum Gasteiger partial charge on any atom is -0.465 e. The van der Waals surface area contributed by atoms with E-state index in [2.05, 4.69) is 17.1 Å². The van der Waals surface area contributed by atoms with Gasteiger partial charge in [-0.05, 0) is 76.4 Å². The van der Waals surface area contributed by atoms with Crippen LogP contribution in [0.15, 0.2) is 39.2 Å². The molecule has 1 aromatic carbocycles. The van der Waals surface area contributed by atoms with Gasteiger partial charge in [-0.1, -0.05) is 19.1 Å². The van der Waals surface area contributed by atoms with Gasteiger partial charge in [-0.2, -0.15) is 0 Å². The predicted octanol–water partition coefficient (Wildman–Crippen LogP) is 5.58. The Morgan fingerprint density at radius 2 is 1.87 bits per heavy atom. The first-order valence-corrected chi connectivity index (χ1v) is 10.5. The lowest BCUT2D eigenvalue weighted by Gasteiger charge is -2.35. The maximum Gasteiger partial charge on any atom is 0.287 e. The Morgan fingerprint density at radius 1 is 1.13 bits per heavy atom. The van der Waals surface area contributed by atoms with Crippen molar-refractivity contribution in [2.75, 3.05) is 19.6 Å². The highest BCUT2D eigenvalue weighted by Gasteiger charge is 2.28. The van der Waals surface area contributed by atoms with Gasteiger partial charge in [0.1, 0.15) is 17.1 Å². The number of fused-ring (bicyclic) bond motifs is 1. The van der Waals surface area contributed by atoms with E-state index >= 15 is 0 Å². The lowest BCUT2D eigenvalue weighted by Crippen LogP contribution is -2.41. The normalized spacial score (nSPS) is 16.4. The van der Waals surface area contributed by atoms with Gasteiger partial charge in [-0.25, -0.2) is 0 Å². The molecule has 1 saturated heterocycles. The average molecular weight is 431 g/mol. The van der Waals surface area contributed by atoms with Gasteiger partial charge in [-0.15, -0.1) is 12.4 Å². The number of carbonyl (C=O) groups excluding carboxylic acids is 1. The third-order valence-electron chi connectivity index (χ3n) is 6.10. The molecule has 0 saturated carbocycles. The molecule has 1 aliphatic rings. The van der Waals surface area contributed by atoms with Gasteiger partial charge in [0.2, 0.25) is 0 Å². The Kier molecular flexibility index (Phi) is 6.94. The molecule has 2 aromatic heterocycles. The zero-order chi connectivity index (χ0) is 20.5. The van der Waals surface area contributed by atoms with E-state index in [0.29, 0.717) is 12.3 Å². The van der Waals surface area contributed by atoms with E-state index in [1.54, 1.807) is 0 Å². The van der Waals surface area contributed by atoms with Crippen molar-refractivity contribution < 1.29 is 13.6 Å². The van der Waals surface area contributed by atoms with E-state index in [-0.39, 0.29) is 24.4 Å². The second-order valence-corrected chi connectivity index (χ2v) is 8.45. The van der Waals surface area contributed by atoms with Crippen LogP contribution in [0.1, 0.15) is 59.0 Å². The fourth-order valence-electron chi connectivity index (χ4n) is 4.20. The van der Waals surface area contributed by atoms with E-state index in [1.807, 2.05) is 51.1 Å². The van der Waals surface area contributed by atoms with Gasteiger partial charge in [-0.3, -0.25) is 9.69 Å². The van der Waals surface area contributed by atoms with Crippen LogP contribution in [0.5, 0.6) is 0 Å². The van der Waals surface area contributed by atoms with Crippen molar-refractivity contribution in [3.63, 3.8) is 0 Å². The molecule has 1 amide bonds. The van der Waals surface area contributed by atoms with Crippen molar-refractivity contribution in [2.24, 2.45) is 5.92 Å². The average Bonchev–Trinajstić information content (AvgIpc) is 3.26. The molecule has 1 N–H and O–H groups in total. The number of aryl methyl sites for hydroxylation is 3. The number of rotatable bonds is 5. The van der Waals surface area contributed by atoms with Crippen LogP contribution in [0.2, 0.25) is 0 Å². The third kappa shape index (κ3) is 4.57. The van der Waals surface area contributed by atoms with Crippen molar-refractivity contribution >= 4 is 29.3 Å². The number of carbonyl (C=O) groups is 1. The Balaban J connectivity index is 0.00000256. The Bertz CT molecular complexity index is 1010. The van der Waals surface area contributed by atoms with Gasteiger partial charge < -0.3 is 14.2 Å². The van der Waals surface area contributed by atoms with Gasteiger partial charge in [0.05, 0.1) is 6.04 Å².